The van der Waals surface area contributed by atoms with E-state index in [0.29, 0.717) is 18.9 Å². The maximum absolute atomic E-state index is 12.2. The van der Waals surface area contributed by atoms with Crippen molar-refractivity contribution in [2.75, 3.05) is 20.1 Å². The molecule has 2 amide bonds. The topological polar surface area (TPSA) is 75.4 Å². The Hall–Kier alpha value is -1.10. The fourth-order valence-electron chi connectivity index (χ4n) is 2.49. The number of nitrogens with zero attached hydrogens (tertiary/aromatic N) is 1. The van der Waals surface area contributed by atoms with E-state index in [1.807, 2.05) is 6.92 Å². The molecular formula is C13H25N3O2. The largest absolute Gasteiger partial charge is 0.358 e. The molecule has 1 rings (SSSR count). The van der Waals surface area contributed by atoms with Crippen molar-refractivity contribution in [1.82, 2.24) is 10.2 Å². The van der Waals surface area contributed by atoms with Crippen LogP contribution in [-0.2, 0) is 9.59 Å². The third-order valence-corrected chi connectivity index (χ3v) is 3.61. The molecular weight excluding hydrogens is 230 g/mol. The Bertz CT molecular complexity index is 294. The summed E-state index contributed by atoms with van der Waals surface area (Å²) in [6, 6.07) is 0.150. The summed E-state index contributed by atoms with van der Waals surface area (Å²) in [4.78, 5) is 25.2. The summed E-state index contributed by atoms with van der Waals surface area (Å²) in [5.74, 6) is 0.233. The van der Waals surface area contributed by atoms with Crippen LogP contribution in [0.15, 0.2) is 0 Å². The Kier molecular flexibility index (Phi) is 6.12. The first-order valence-electron chi connectivity index (χ1n) is 6.82. The molecule has 1 saturated carbocycles. The van der Waals surface area contributed by atoms with Crippen molar-refractivity contribution in [3.05, 3.63) is 0 Å². The Balaban J connectivity index is 2.50. The number of rotatable bonds is 6. The van der Waals surface area contributed by atoms with Crippen LogP contribution in [0.25, 0.3) is 0 Å². The zero-order valence-corrected chi connectivity index (χ0v) is 11.4. The summed E-state index contributed by atoms with van der Waals surface area (Å²) in [6.45, 7) is 2.80. The number of amides is 2. The minimum Gasteiger partial charge on any atom is -0.358 e. The highest BCUT2D eigenvalue weighted by Gasteiger charge is 2.28. The first kappa shape index (κ1) is 15.0. The van der Waals surface area contributed by atoms with E-state index in [0.717, 1.165) is 25.7 Å². The average molecular weight is 255 g/mol. The van der Waals surface area contributed by atoms with Crippen molar-refractivity contribution in [1.29, 1.82) is 0 Å². The lowest BCUT2D eigenvalue weighted by atomic mass is 9.99. The Morgan fingerprint density at radius 3 is 2.61 bits per heavy atom. The molecule has 3 N–H and O–H groups in total. The van der Waals surface area contributed by atoms with Gasteiger partial charge in [-0.15, -0.1) is 0 Å². The fraction of sp³-hybridized carbons (Fsp3) is 0.846. The van der Waals surface area contributed by atoms with Crippen molar-refractivity contribution < 1.29 is 9.59 Å². The van der Waals surface area contributed by atoms with Gasteiger partial charge in [-0.05, 0) is 25.2 Å². The smallest absolute Gasteiger partial charge is 0.239 e. The fourth-order valence-corrected chi connectivity index (χ4v) is 2.49. The lowest BCUT2D eigenvalue weighted by Gasteiger charge is -2.24. The minimum absolute atomic E-state index is 0.0581. The molecule has 5 nitrogen and oxygen atoms in total. The molecule has 18 heavy (non-hydrogen) atoms. The van der Waals surface area contributed by atoms with Gasteiger partial charge in [-0.25, -0.2) is 0 Å². The summed E-state index contributed by atoms with van der Waals surface area (Å²) < 4.78 is 0. The Morgan fingerprint density at radius 1 is 1.39 bits per heavy atom. The SMILES string of the molecule is CCCN(CC(=O)NC)C(=O)C[C@@H]1CCC[C@H]1N. The first-order valence-corrected chi connectivity index (χ1v) is 6.82. The van der Waals surface area contributed by atoms with Crippen LogP contribution in [0, 0.1) is 5.92 Å². The van der Waals surface area contributed by atoms with E-state index < -0.39 is 0 Å². The van der Waals surface area contributed by atoms with Gasteiger partial charge in [0.2, 0.25) is 11.8 Å². The van der Waals surface area contributed by atoms with Crippen LogP contribution in [0.5, 0.6) is 0 Å². The van der Waals surface area contributed by atoms with Gasteiger partial charge in [-0.2, -0.15) is 0 Å². The molecule has 2 atom stereocenters. The van der Waals surface area contributed by atoms with Gasteiger partial charge < -0.3 is 16.0 Å². The highest BCUT2D eigenvalue weighted by Crippen LogP contribution is 2.27. The van der Waals surface area contributed by atoms with E-state index in [1.54, 1.807) is 11.9 Å². The molecule has 0 aromatic rings. The van der Waals surface area contributed by atoms with Crippen LogP contribution in [0.3, 0.4) is 0 Å². The average Bonchev–Trinajstić information content (AvgIpc) is 2.74. The van der Waals surface area contributed by atoms with Crippen molar-refractivity contribution in [2.24, 2.45) is 11.7 Å². The molecule has 0 aliphatic heterocycles. The number of likely N-dealkylation sites (N-methyl/N-ethyl adjacent to an activating group) is 1. The van der Waals surface area contributed by atoms with Crippen molar-refractivity contribution in [2.45, 2.75) is 45.1 Å². The van der Waals surface area contributed by atoms with Crippen LogP contribution in [0.4, 0.5) is 0 Å². The molecule has 0 unspecified atom stereocenters. The third kappa shape index (κ3) is 4.29. The van der Waals surface area contributed by atoms with Gasteiger partial charge in [0, 0.05) is 26.1 Å². The predicted molar refractivity (Wildman–Crippen MR) is 70.9 cm³/mol. The second-order valence-corrected chi connectivity index (χ2v) is 5.05. The standard InChI is InChI=1S/C13H25N3O2/c1-3-7-16(9-12(17)15-2)13(18)8-10-5-4-6-11(10)14/h10-11H,3-9,14H2,1-2H3,(H,15,17)/t10-,11+/m0/s1. The van der Waals surface area contributed by atoms with Gasteiger partial charge in [-0.1, -0.05) is 13.3 Å². The maximum atomic E-state index is 12.2. The normalized spacial score (nSPS) is 22.8. The van der Waals surface area contributed by atoms with Gasteiger partial charge >= 0.3 is 0 Å². The zero-order chi connectivity index (χ0) is 13.5. The van der Waals surface area contributed by atoms with Crippen LogP contribution in [-0.4, -0.2) is 42.9 Å². The predicted octanol–water partition coefficient (Wildman–Crippen LogP) is 0.489. The van der Waals surface area contributed by atoms with Gasteiger partial charge in [0.05, 0.1) is 6.54 Å². The van der Waals surface area contributed by atoms with Gasteiger partial charge in [-0.3, -0.25) is 9.59 Å². The molecule has 0 bridgehead atoms. The molecule has 1 aliphatic rings. The zero-order valence-electron chi connectivity index (χ0n) is 11.4. The number of carbonyl (C=O) groups is 2. The summed E-state index contributed by atoms with van der Waals surface area (Å²) in [5.41, 5.74) is 5.98. The van der Waals surface area contributed by atoms with Crippen LogP contribution < -0.4 is 11.1 Å². The van der Waals surface area contributed by atoms with Crippen molar-refractivity contribution >= 4 is 11.8 Å². The van der Waals surface area contributed by atoms with Crippen LogP contribution >= 0.6 is 0 Å². The highest BCUT2D eigenvalue weighted by atomic mass is 16.2. The van der Waals surface area contributed by atoms with E-state index in [9.17, 15) is 9.59 Å². The summed E-state index contributed by atoms with van der Waals surface area (Å²) >= 11 is 0. The molecule has 104 valence electrons. The van der Waals surface area contributed by atoms with E-state index in [1.165, 1.54) is 0 Å². The van der Waals surface area contributed by atoms with Crippen LogP contribution in [0.1, 0.15) is 39.0 Å². The Labute approximate surface area is 109 Å². The molecule has 5 heteroatoms. The van der Waals surface area contributed by atoms with Crippen molar-refractivity contribution in [3.8, 4) is 0 Å². The number of carbonyl (C=O) groups excluding carboxylic acids is 2. The van der Waals surface area contributed by atoms with Gasteiger partial charge in [0.25, 0.3) is 0 Å². The van der Waals surface area contributed by atoms with E-state index in [-0.39, 0.29) is 24.4 Å². The number of nitrogens with one attached hydrogen (secondary N) is 1. The van der Waals surface area contributed by atoms with Crippen molar-refractivity contribution in [3.63, 3.8) is 0 Å². The minimum atomic E-state index is -0.118. The van der Waals surface area contributed by atoms with Gasteiger partial charge in [0.1, 0.15) is 0 Å². The highest BCUT2D eigenvalue weighted by molar-refractivity contribution is 5.84. The van der Waals surface area contributed by atoms with Crippen LogP contribution in [0.2, 0.25) is 0 Å². The molecule has 0 heterocycles. The number of hydrogen-bond donors (Lipinski definition) is 2. The second-order valence-electron chi connectivity index (χ2n) is 5.05. The number of hydrogen-bond acceptors (Lipinski definition) is 3. The summed E-state index contributed by atoms with van der Waals surface area (Å²) in [6.07, 6.45) is 4.51. The molecule has 0 saturated heterocycles. The summed E-state index contributed by atoms with van der Waals surface area (Å²) in [7, 11) is 1.59. The lowest BCUT2D eigenvalue weighted by Crippen LogP contribution is -2.41. The monoisotopic (exact) mass is 255 g/mol. The van der Waals surface area contributed by atoms with E-state index in [4.69, 9.17) is 5.73 Å². The molecule has 1 aliphatic carbocycles. The number of nitrogens with two attached hydrogens (primary N) is 1. The molecule has 0 spiro atoms. The molecule has 0 aromatic heterocycles. The summed E-state index contributed by atoms with van der Waals surface area (Å²) in [5, 5.41) is 2.55. The first-order chi connectivity index (χ1) is 8.58. The third-order valence-electron chi connectivity index (χ3n) is 3.61. The van der Waals surface area contributed by atoms with E-state index in [2.05, 4.69) is 5.32 Å². The second kappa shape index (κ2) is 7.36. The van der Waals surface area contributed by atoms with E-state index >= 15 is 0 Å². The molecule has 1 fully saturated rings. The maximum Gasteiger partial charge on any atom is 0.239 e. The van der Waals surface area contributed by atoms with Gasteiger partial charge in [0.15, 0.2) is 0 Å². The quantitative estimate of drug-likeness (QED) is 0.725. The Morgan fingerprint density at radius 2 is 2.11 bits per heavy atom. The molecule has 0 radical (unpaired) electrons. The molecule has 0 aromatic carbocycles. The lowest BCUT2D eigenvalue weighted by molar-refractivity contribution is -0.136.